The van der Waals surface area contributed by atoms with Crippen molar-refractivity contribution in [1.29, 1.82) is 5.41 Å². The summed E-state index contributed by atoms with van der Waals surface area (Å²) in [6, 6.07) is 13.6. The minimum Gasteiger partial charge on any atom is -0.488 e. The summed E-state index contributed by atoms with van der Waals surface area (Å²) in [5.41, 5.74) is 7.38. The molecule has 104 valence electrons. The maximum atomic E-state index is 7.72. The normalized spacial score (nSPS) is 10.3. The average Bonchev–Trinajstić information content (AvgIpc) is 2.45. The summed E-state index contributed by atoms with van der Waals surface area (Å²) in [5.74, 6) is 0.664. The number of nitrogens with one attached hydrogen (secondary N) is 1. The van der Waals surface area contributed by atoms with Gasteiger partial charge in [0.2, 0.25) is 0 Å². The molecule has 0 heterocycles. The number of halogens is 1. The van der Waals surface area contributed by atoms with Crippen LogP contribution in [0.3, 0.4) is 0 Å². The molecule has 0 unspecified atom stereocenters. The minimum absolute atomic E-state index is 0.0251. The minimum atomic E-state index is 0.0251. The number of nitrogens with two attached hydrogens (primary N) is 1. The number of amidine groups is 1. The van der Waals surface area contributed by atoms with Crippen LogP contribution in [0.15, 0.2) is 51.8 Å². The highest BCUT2D eigenvalue weighted by atomic mass is 79.9. The van der Waals surface area contributed by atoms with Crippen molar-refractivity contribution in [2.75, 3.05) is 6.26 Å². The Balaban J connectivity index is 2.26. The second-order valence-corrected chi connectivity index (χ2v) is 5.83. The number of hydrogen-bond acceptors (Lipinski definition) is 3. The van der Waals surface area contributed by atoms with Crippen molar-refractivity contribution in [3.8, 4) is 5.75 Å². The fraction of sp³-hybridized carbons (Fsp3) is 0.133. The third-order valence-corrected chi connectivity index (χ3v) is 4.37. The van der Waals surface area contributed by atoms with Gasteiger partial charge in [-0.1, -0.05) is 40.2 Å². The van der Waals surface area contributed by atoms with Crippen LogP contribution in [0.25, 0.3) is 0 Å². The number of nitrogen functional groups attached to an aromatic ring is 1. The third kappa shape index (κ3) is 3.35. The first-order valence-corrected chi connectivity index (χ1v) is 8.03. The number of thioether (sulfide) groups is 1. The predicted molar refractivity (Wildman–Crippen MR) is 87.7 cm³/mol. The summed E-state index contributed by atoms with van der Waals surface area (Å²) in [4.78, 5) is 0.946. The van der Waals surface area contributed by atoms with E-state index in [-0.39, 0.29) is 5.84 Å². The van der Waals surface area contributed by atoms with Gasteiger partial charge in [0.05, 0.1) is 5.56 Å². The van der Waals surface area contributed by atoms with Crippen LogP contribution >= 0.6 is 27.7 Å². The van der Waals surface area contributed by atoms with Gasteiger partial charge in [-0.15, -0.1) is 11.8 Å². The molecule has 20 heavy (non-hydrogen) atoms. The average molecular weight is 351 g/mol. The van der Waals surface area contributed by atoms with Crippen molar-refractivity contribution in [3.63, 3.8) is 0 Å². The number of rotatable bonds is 5. The molecule has 2 aromatic rings. The van der Waals surface area contributed by atoms with Gasteiger partial charge in [-0.05, 0) is 24.5 Å². The Hall–Kier alpha value is -1.46. The van der Waals surface area contributed by atoms with Crippen molar-refractivity contribution in [2.45, 2.75) is 11.5 Å². The maximum absolute atomic E-state index is 7.72. The Bertz CT molecular complexity index is 631. The molecule has 3 N–H and O–H groups in total. The van der Waals surface area contributed by atoms with E-state index >= 15 is 0 Å². The quantitative estimate of drug-likeness (QED) is 0.486. The van der Waals surface area contributed by atoms with E-state index < -0.39 is 0 Å². The van der Waals surface area contributed by atoms with Gasteiger partial charge in [0.1, 0.15) is 18.2 Å². The summed E-state index contributed by atoms with van der Waals surface area (Å²) in [6.45, 7) is 0.430. The third-order valence-electron chi connectivity index (χ3n) is 2.82. The van der Waals surface area contributed by atoms with Crippen LogP contribution in [0.4, 0.5) is 0 Å². The fourth-order valence-corrected chi connectivity index (χ4v) is 2.87. The number of ether oxygens (including phenoxy) is 1. The number of benzene rings is 2. The zero-order valence-electron chi connectivity index (χ0n) is 11.0. The van der Waals surface area contributed by atoms with E-state index in [1.54, 1.807) is 11.8 Å². The molecule has 0 aromatic heterocycles. The van der Waals surface area contributed by atoms with E-state index in [0.717, 1.165) is 14.9 Å². The molecule has 0 aliphatic carbocycles. The molecule has 3 nitrogen and oxygen atoms in total. The molecule has 0 radical (unpaired) electrons. The SMILES string of the molecule is CSc1cccc(OCc2ccccc2Br)c1C(=N)N. The topological polar surface area (TPSA) is 59.1 Å². The Morgan fingerprint density at radius 2 is 2.00 bits per heavy atom. The molecule has 0 atom stereocenters. The summed E-state index contributed by atoms with van der Waals surface area (Å²) in [5, 5.41) is 7.72. The fourth-order valence-electron chi connectivity index (χ4n) is 1.84. The van der Waals surface area contributed by atoms with Crippen molar-refractivity contribution in [1.82, 2.24) is 0 Å². The van der Waals surface area contributed by atoms with Crippen LogP contribution in [0.5, 0.6) is 5.75 Å². The van der Waals surface area contributed by atoms with Gasteiger partial charge < -0.3 is 10.5 Å². The van der Waals surface area contributed by atoms with Crippen molar-refractivity contribution < 1.29 is 4.74 Å². The number of hydrogen-bond donors (Lipinski definition) is 2. The van der Waals surface area contributed by atoms with Crippen molar-refractivity contribution >= 4 is 33.5 Å². The van der Waals surface area contributed by atoms with Crippen LogP contribution in [0, 0.1) is 5.41 Å². The van der Waals surface area contributed by atoms with Gasteiger partial charge in [0, 0.05) is 14.9 Å². The Labute approximate surface area is 131 Å². The smallest absolute Gasteiger partial charge is 0.131 e. The molecule has 2 aromatic carbocycles. The van der Waals surface area contributed by atoms with Crippen LogP contribution in [-0.2, 0) is 6.61 Å². The summed E-state index contributed by atoms with van der Waals surface area (Å²) >= 11 is 5.05. The molecular formula is C15H15BrN2OS. The van der Waals surface area contributed by atoms with Gasteiger partial charge in [-0.25, -0.2) is 0 Å². The predicted octanol–water partition coefficient (Wildman–Crippen LogP) is 4.03. The molecule has 5 heteroatoms. The van der Waals surface area contributed by atoms with Crippen LogP contribution < -0.4 is 10.5 Å². The van der Waals surface area contributed by atoms with E-state index in [1.807, 2.05) is 48.7 Å². The summed E-state index contributed by atoms with van der Waals surface area (Å²) in [7, 11) is 0. The Kier molecular flexibility index (Phi) is 5.09. The van der Waals surface area contributed by atoms with E-state index in [1.165, 1.54) is 0 Å². The summed E-state index contributed by atoms with van der Waals surface area (Å²) in [6.07, 6.45) is 1.96. The lowest BCUT2D eigenvalue weighted by molar-refractivity contribution is 0.304. The van der Waals surface area contributed by atoms with Gasteiger partial charge in [0.15, 0.2) is 0 Å². The molecular weight excluding hydrogens is 336 g/mol. The zero-order chi connectivity index (χ0) is 14.5. The van der Waals surface area contributed by atoms with Crippen molar-refractivity contribution in [3.05, 3.63) is 58.1 Å². The van der Waals surface area contributed by atoms with Crippen LogP contribution in [-0.4, -0.2) is 12.1 Å². The molecule has 2 rings (SSSR count). The largest absolute Gasteiger partial charge is 0.488 e. The molecule has 0 spiro atoms. The van der Waals surface area contributed by atoms with Gasteiger partial charge in [0.25, 0.3) is 0 Å². The van der Waals surface area contributed by atoms with Crippen molar-refractivity contribution in [2.24, 2.45) is 5.73 Å². The molecule has 0 saturated carbocycles. The second-order valence-electron chi connectivity index (χ2n) is 4.13. The lowest BCUT2D eigenvalue weighted by Crippen LogP contribution is -2.14. The Morgan fingerprint density at radius 1 is 1.25 bits per heavy atom. The second kappa shape index (κ2) is 6.81. The molecule has 0 aliphatic rings. The highest BCUT2D eigenvalue weighted by molar-refractivity contribution is 9.10. The molecule has 0 aliphatic heterocycles. The van der Waals surface area contributed by atoms with Crippen LogP contribution in [0.1, 0.15) is 11.1 Å². The summed E-state index contributed by atoms with van der Waals surface area (Å²) < 4.78 is 6.85. The molecule has 0 bridgehead atoms. The molecule has 0 saturated heterocycles. The van der Waals surface area contributed by atoms with E-state index in [9.17, 15) is 0 Å². The lowest BCUT2D eigenvalue weighted by Gasteiger charge is -2.14. The Morgan fingerprint density at radius 3 is 2.65 bits per heavy atom. The first-order valence-electron chi connectivity index (χ1n) is 6.01. The van der Waals surface area contributed by atoms with Gasteiger partial charge in [-0.3, -0.25) is 5.41 Å². The standard InChI is InChI=1S/C15H15BrN2OS/c1-20-13-8-4-7-12(14(13)15(17)18)19-9-10-5-2-3-6-11(10)16/h2-8H,9H2,1H3,(H3,17,18). The van der Waals surface area contributed by atoms with E-state index in [0.29, 0.717) is 17.9 Å². The first-order chi connectivity index (χ1) is 9.63. The monoisotopic (exact) mass is 350 g/mol. The van der Waals surface area contributed by atoms with E-state index in [2.05, 4.69) is 15.9 Å². The zero-order valence-corrected chi connectivity index (χ0v) is 13.4. The van der Waals surface area contributed by atoms with Gasteiger partial charge >= 0.3 is 0 Å². The molecule has 0 fully saturated rings. The van der Waals surface area contributed by atoms with Crippen LogP contribution in [0.2, 0.25) is 0 Å². The lowest BCUT2D eigenvalue weighted by atomic mass is 10.2. The highest BCUT2D eigenvalue weighted by Gasteiger charge is 2.12. The van der Waals surface area contributed by atoms with Gasteiger partial charge in [-0.2, -0.15) is 0 Å². The highest BCUT2D eigenvalue weighted by Crippen LogP contribution is 2.29. The first kappa shape index (κ1) is 14.9. The van der Waals surface area contributed by atoms with E-state index in [4.69, 9.17) is 15.9 Å². The molecule has 0 amide bonds. The maximum Gasteiger partial charge on any atom is 0.131 e.